The van der Waals surface area contributed by atoms with Crippen LogP contribution < -0.4 is 5.32 Å². The molecule has 1 aromatic carbocycles. The van der Waals surface area contributed by atoms with E-state index in [0.29, 0.717) is 0 Å². The number of benzene rings is 1. The highest BCUT2D eigenvalue weighted by atomic mass is 16.7. The van der Waals surface area contributed by atoms with Crippen LogP contribution >= 0.6 is 0 Å². The first-order valence-corrected chi connectivity index (χ1v) is 6.86. The van der Waals surface area contributed by atoms with E-state index in [1.54, 1.807) is 0 Å². The standard InChI is InChI=1S/C16H23NO3/c1-14(2,3)17-12(11-9-7-6-8-10-11)16(13(18)19)15(4,5)20-16/h6-10,12,17H,1-5H3,(H,18,19)/t12-,16-/m0/s1. The zero-order valence-electron chi connectivity index (χ0n) is 12.7. The lowest BCUT2D eigenvalue weighted by Crippen LogP contribution is -2.50. The van der Waals surface area contributed by atoms with Crippen LogP contribution in [-0.4, -0.2) is 27.8 Å². The fourth-order valence-electron chi connectivity index (χ4n) is 2.71. The molecule has 2 rings (SSSR count). The predicted octanol–water partition coefficient (Wildman–Crippen LogP) is 2.75. The van der Waals surface area contributed by atoms with Crippen molar-refractivity contribution in [3.8, 4) is 0 Å². The Balaban J connectivity index is 2.45. The third-order valence-electron chi connectivity index (χ3n) is 3.70. The summed E-state index contributed by atoms with van der Waals surface area (Å²) in [6, 6.07) is 9.23. The minimum absolute atomic E-state index is 0.217. The number of nitrogens with one attached hydrogen (secondary N) is 1. The van der Waals surface area contributed by atoms with Crippen LogP contribution in [0.15, 0.2) is 30.3 Å². The number of aliphatic carboxylic acids is 1. The van der Waals surface area contributed by atoms with E-state index in [2.05, 4.69) is 5.32 Å². The molecule has 2 N–H and O–H groups in total. The first-order valence-electron chi connectivity index (χ1n) is 6.86. The molecule has 4 nitrogen and oxygen atoms in total. The Morgan fingerprint density at radius 2 is 1.75 bits per heavy atom. The van der Waals surface area contributed by atoms with E-state index in [1.807, 2.05) is 65.0 Å². The van der Waals surface area contributed by atoms with Crippen LogP contribution in [0.1, 0.15) is 46.2 Å². The lowest BCUT2D eigenvalue weighted by atomic mass is 9.83. The van der Waals surface area contributed by atoms with Crippen LogP contribution in [0.5, 0.6) is 0 Å². The first-order chi connectivity index (χ1) is 9.10. The summed E-state index contributed by atoms with van der Waals surface area (Å²) in [6.45, 7) is 9.71. The first kappa shape index (κ1) is 15.0. The minimum atomic E-state index is -1.22. The summed E-state index contributed by atoms with van der Waals surface area (Å²) in [5.41, 5.74) is -1.19. The van der Waals surface area contributed by atoms with Gasteiger partial charge in [0.05, 0.1) is 6.04 Å². The van der Waals surface area contributed by atoms with Gasteiger partial charge in [0, 0.05) is 5.54 Å². The van der Waals surface area contributed by atoms with E-state index in [1.165, 1.54) is 0 Å². The van der Waals surface area contributed by atoms with Crippen LogP contribution in [-0.2, 0) is 9.53 Å². The second kappa shape index (κ2) is 4.57. The van der Waals surface area contributed by atoms with Gasteiger partial charge < -0.3 is 15.2 Å². The SMILES string of the molecule is CC(C)(C)N[C@@H](c1ccccc1)[C@@]1(C(=O)O)OC1(C)C. The van der Waals surface area contributed by atoms with Gasteiger partial charge in [0.15, 0.2) is 0 Å². The second-order valence-electron chi connectivity index (χ2n) is 6.89. The van der Waals surface area contributed by atoms with E-state index in [9.17, 15) is 9.90 Å². The number of carboxylic acid groups (broad SMARTS) is 1. The molecule has 1 aromatic rings. The number of carbonyl (C=O) groups is 1. The van der Waals surface area contributed by atoms with Gasteiger partial charge in [-0.1, -0.05) is 30.3 Å². The summed E-state index contributed by atoms with van der Waals surface area (Å²) in [6.07, 6.45) is 0. The van der Waals surface area contributed by atoms with Crippen molar-refractivity contribution in [3.05, 3.63) is 35.9 Å². The molecule has 4 heteroatoms. The highest BCUT2D eigenvalue weighted by Crippen LogP contribution is 2.55. The van der Waals surface area contributed by atoms with Crippen molar-refractivity contribution >= 4 is 5.97 Å². The molecule has 0 bridgehead atoms. The molecule has 0 aliphatic carbocycles. The van der Waals surface area contributed by atoms with Crippen molar-refractivity contribution in [2.45, 2.75) is 57.4 Å². The summed E-state index contributed by atoms with van der Waals surface area (Å²) >= 11 is 0. The topological polar surface area (TPSA) is 61.9 Å². The molecular formula is C16H23NO3. The third kappa shape index (κ3) is 2.45. The van der Waals surface area contributed by atoms with Crippen molar-refractivity contribution in [1.82, 2.24) is 5.32 Å². The molecule has 0 unspecified atom stereocenters. The van der Waals surface area contributed by atoms with E-state index in [4.69, 9.17) is 4.74 Å². The summed E-state index contributed by atoms with van der Waals surface area (Å²) in [4.78, 5) is 11.8. The van der Waals surface area contributed by atoms with E-state index in [-0.39, 0.29) is 5.54 Å². The minimum Gasteiger partial charge on any atom is -0.479 e. The van der Waals surface area contributed by atoms with Crippen LogP contribution in [0.3, 0.4) is 0 Å². The quantitative estimate of drug-likeness (QED) is 0.831. The number of ether oxygens (including phenoxy) is 1. The fraction of sp³-hybridized carbons (Fsp3) is 0.562. The molecule has 0 radical (unpaired) electrons. The smallest absolute Gasteiger partial charge is 0.341 e. The van der Waals surface area contributed by atoms with Crippen LogP contribution in [0.4, 0.5) is 0 Å². The van der Waals surface area contributed by atoms with Crippen molar-refractivity contribution < 1.29 is 14.6 Å². The molecule has 2 atom stereocenters. The Labute approximate surface area is 120 Å². The van der Waals surface area contributed by atoms with Gasteiger partial charge in [0.25, 0.3) is 0 Å². The van der Waals surface area contributed by atoms with Crippen molar-refractivity contribution in [2.24, 2.45) is 0 Å². The Hall–Kier alpha value is -1.39. The van der Waals surface area contributed by atoms with Gasteiger partial charge >= 0.3 is 5.97 Å². The molecule has 1 heterocycles. The molecule has 1 aliphatic heterocycles. The molecule has 0 aromatic heterocycles. The zero-order chi connectivity index (χ0) is 15.2. The number of epoxide rings is 1. The molecule has 1 fully saturated rings. The summed E-state index contributed by atoms with van der Waals surface area (Å²) in [7, 11) is 0. The maximum atomic E-state index is 11.8. The normalized spacial score (nSPS) is 26.1. The van der Waals surface area contributed by atoms with E-state index < -0.39 is 23.2 Å². The summed E-state index contributed by atoms with van der Waals surface area (Å²) < 4.78 is 5.65. The largest absolute Gasteiger partial charge is 0.479 e. The average Bonchev–Trinajstić information content (AvgIpc) is 2.91. The van der Waals surface area contributed by atoms with Gasteiger partial charge in [-0.15, -0.1) is 0 Å². The van der Waals surface area contributed by atoms with E-state index >= 15 is 0 Å². The van der Waals surface area contributed by atoms with Crippen LogP contribution in [0.25, 0.3) is 0 Å². The van der Waals surface area contributed by atoms with Gasteiger partial charge in [0.2, 0.25) is 5.60 Å². The van der Waals surface area contributed by atoms with Gasteiger partial charge in [-0.3, -0.25) is 0 Å². The monoisotopic (exact) mass is 277 g/mol. The third-order valence-corrected chi connectivity index (χ3v) is 3.70. The Morgan fingerprint density at radius 3 is 2.10 bits per heavy atom. The fourth-order valence-corrected chi connectivity index (χ4v) is 2.71. The zero-order valence-corrected chi connectivity index (χ0v) is 12.7. The lowest BCUT2D eigenvalue weighted by Gasteiger charge is -2.32. The van der Waals surface area contributed by atoms with Crippen LogP contribution in [0, 0.1) is 0 Å². The molecule has 110 valence electrons. The molecule has 1 aliphatic rings. The molecule has 1 saturated heterocycles. The summed E-state index contributed by atoms with van der Waals surface area (Å²) in [5, 5.41) is 13.1. The molecule has 0 amide bonds. The molecular weight excluding hydrogens is 254 g/mol. The maximum absolute atomic E-state index is 11.8. The summed E-state index contributed by atoms with van der Waals surface area (Å²) in [5.74, 6) is -0.923. The van der Waals surface area contributed by atoms with Gasteiger partial charge in [-0.05, 0) is 40.2 Å². The highest BCUT2D eigenvalue weighted by Gasteiger charge is 2.74. The number of carboxylic acids is 1. The average molecular weight is 277 g/mol. The molecule has 20 heavy (non-hydrogen) atoms. The predicted molar refractivity (Wildman–Crippen MR) is 77.6 cm³/mol. The van der Waals surface area contributed by atoms with E-state index in [0.717, 1.165) is 5.56 Å². The lowest BCUT2D eigenvalue weighted by molar-refractivity contribution is -0.144. The second-order valence-corrected chi connectivity index (χ2v) is 6.89. The Kier molecular flexibility index (Phi) is 3.43. The van der Waals surface area contributed by atoms with Gasteiger partial charge in [-0.2, -0.15) is 0 Å². The maximum Gasteiger partial charge on any atom is 0.341 e. The van der Waals surface area contributed by atoms with Crippen molar-refractivity contribution in [2.75, 3.05) is 0 Å². The van der Waals surface area contributed by atoms with Gasteiger partial charge in [-0.25, -0.2) is 4.79 Å². The Bertz CT molecular complexity index is 504. The van der Waals surface area contributed by atoms with Crippen LogP contribution in [0.2, 0.25) is 0 Å². The highest BCUT2D eigenvalue weighted by molar-refractivity contribution is 5.84. The molecule has 0 spiro atoms. The number of rotatable bonds is 4. The van der Waals surface area contributed by atoms with Crippen molar-refractivity contribution in [3.63, 3.8) is 0 Å². The number of hydrogen-bond acceptors (Lipinski definition) is 3. The van der Waals surface area contributed by atoms with Gasteiger partial charge in [0.1, 0.15) is 5.60 Å². The molecule has 0 saturated carbocycles. The van der Waals surface area contributed by atoms with Crippen molar-refractivity contribution in [1.29, 1.82) is 0 Å². The Morgan fingerprint density at radius 1 is 1.25 bits per heavy atom. The number of hydrogen-bond donors (Lipinski definition) is 2.